The van der Waals surface area contributed by atoms with E-state index in [-0.39, 0.29) is 10.6 Å². The second-order valence-corrected chi connectivity index (χ2v) is 4.67. The molecule has 0 aromatic heterocycles. The van der Waals surface area contributed by atoms with Crippen LogP contribution in [-0.4, -0.2) is 23.4 Å². The number of fused-ring (bicyclic) bond motifs is 1. The van der Waals surface area contributed by atoms with Crippen LogP contribution in [0.4, 0.5) is 5.69 Å². The Kier molecular flexibility index (Phi) is 2.75. The molecule has 2 rings (SSSR count). The van der Waals surface area contributed by atoms with E-state index >= 15 is 0 Å². The van der Waals surface area contributed by atoms with Gasteiger partial charge in [-0.25, -0.2) is 0 Å². The summed E-state index contributed by atoms with van der Waals surface area (Å²) >= 11 is 3.24. The fourth-order valence-corrected chi connectivity index (χ4v) is 2.38. The maximum atomic E-state index is 10.7. The minimum Gasteiger partial charge on any atom is -0.302 e. The summed E-state index contributed by atoms with van der Waals surface area (Å²) in [6, 6.07) is 3.55. The van der Waals surface area contributed by atoms with E-state index in [1.165, 1.54) is 5.56 Å². The van der Waals surface area contributed by atoms with Crippen molar-refractivity contribution in [3.8, 4) is 0 Å². The van der Waals surface area contributed by atoms with E-state index in [0.29, 0.717) is 4.47 Å². The number of rotatable bonds is 1. The number of hydrogen-bond donors (Lipinski definition) is 0. The molecule has 0 saturated carbocycles. The summed E-state index contributed by atoms with van der Waals surface area (Å²) in [4.78, 5) is 12.6. The van der Waals surface area contributed by atoms with Crippen molar-refractivity contribution in [1.29, 1.82) is 0 Å². The van der Waals surface area contributed by atoms with Gasteiger partial charge in [0.05, 0.1) is 9.40 Å². The fourth-order valence-electron chi connectivity index (χ4n) is 1.85. The fraction of sp³-hybridized carbons (Fsp3) is 0.400. The predicted octanol–water partition coefficient (Wildman–Crippen LogP) is 2.35. The molecule has 0 bridgehead atoms. The number of hydrogen-bond acceptors (Lipinski definition) is 3. The number of nitro benzene ring substituents is 1. The SMILES string of the molecule is CN1CCc2cc([N+](=O)[O-])c(Br)cc2C1. The van der Waals surface area contributed by atoms with E-state index in [1.807, 2.05) is 6.07 Å². The monoisotopic (exact) mass is 270 g/mol. The lowest BCUT2D eigenvalue weighted by atomic mass is 9.99. The van der Waals surface area contributed by atoms with E-state index in [4.69, 9.17) is 0 Å². The maximum Gasteiger partial charge on any atom is 0.283 e. The van der Waals surface area contributed by atoms with Gasteiger partial charge in [-0.05, 0) is 46.6 Å². The Balaban J connectivity index is 2.46. The third kappa shape index (κ3) is 2.03. The Hall–Kier alpha value is -0.940. The molecule has 0 unspecified atom stereocenters. The van der Waals surface area contributed by atoms with Crippen LogP contribution in [0.15, 0.2) is 16.6 Å². The van der Waals surface area contributed by atoms with Gasteiger partial charge in [-0.1, -0.05) is 0 Å². The topological polar surface area (TPSA) is 46.4 Å². The summed E-state index contributed by atoms with van der Waals surface area (Å²) in [5.74, 6) is 0. The van der Waals surface area contributed by atoms with Crippen molar-refractivity contribution in [2.45, 2.75) is 13.0 Å². The molecule has 1 heterocycles. The molecule has 80 valence electrons. The van der Waals surface area contributed by atoms with E-state index in [1.54, 1.807) is 6.07 Å². The highest BCUT2D eigenvalue weighted by atomic mass is 79.9. The molecule has 0 amide bonds. The molecule has 0 aliphatic carbocycles. The number of nitro groups is 1. The van der Waals surface area contributed by atoms with Crippen molar-refractivity contribution < 1.29 is 4.92 Å². The van der Waals surface area contributed by atoms with Gasteiger partial charge in [-0.15, -0.1) is 0 Å². The second-order valence-electron chi connectivity index (χ2n) is 3.82. The highest BCUT2D eigenvalue weighted by molar-refractivity contribution is 9.10. The van der Waals surface area contributed by atoms with Gasteiger partial charge in [0.2, 0.25) is 0 Å². The van der Waals surface area contributed by atoms with Crippen LogP contribution in [0.1, 0.15) is 11.1 Å². The van der Waals surface area contributed by atoms with Crippen molar-refractivity contribution >= 4 is 21.6 Å². The van der Waals surface area contributed by atoms with Gasteiger partial charge in [0, 0.05) is 19.2 Å². The van der Waals surface area contributed by atoms with Gasteiger partial charge < -0.3 is 4.90 Å². The second kappa shape index (κ2) is 3.90. The van der Waals surface area contributed by atoms with Gasteiger partial charge in [0.15, 0.2) is 0 Å². The summed E-state index contributed by atoms with van der Waals surface area (Å²) in [6.45, 7) is 1.83. The average Bonchev–Trinajstić information content (AvgIpc) is 2.15. The Bertz CT molecular complexity index is 420. The van der Waals surface area contributed by atoms with Gasteiger partial charge in [0.25, 0.3) is 5.69 Å². The average molecular weight is 271 g/mol. The Labute approximate surface area is 96.2 Å². The van der Waals surface area contributed by atoms with Gasteiger partial charge >= 0.3 is 0 Å². The molecule has 1 aromatic carbocycles. The first-order valence-electron chi connectivity index (χ1n) is 4.72. The molecule has 4 nitrogen and oxygen atoms in total. The van der Waals surface area contributed by atoms with Crippen LogP contribution < -0.4 is 0 Å². The van der Waals surface area contributed by atoms with Gasteiger partial charge in [-0.2, -0.15) is 0 Å². The number of halogens is 1. The number of benzene rings is 1. The van der Waals surface area contributed by atoms with Crippen LogP contribution in [-0.2, 0) is 13.0 Å². The lowest BCUT2D eigenvalue weighted by Gasteiger charge is -2.24. The molecule has 0 fully saturated rings. The molecule has 0 spiro atoms. The number of likely N-dealkylation sites (N-methyl/N-ethyl adjacent to an activating group) is 1. The van der Waals surface area contributed by atoms with E-state index in [9.17, 15) is 10.1 Å². The van der Waals surface area contributed by atoms with Crippen molar-refractivity contribution in [2.24, 2.45) is 0 Å². The maximum absolute atomic E-state index is 10.7. The van der Waals surface area contributed by atoms with Crippen molar-refractivity contribution in [2.75, 3.05) is 13.6 Å². The first kappa shape index (κ1) is 10.6. The zero-order valence-corrected chi connectivity index (χ0v) is 9.95. The highest BCUT2D eigenvalue weighted by Crippen LogP contribution is 2.30. The first-order chi connectivity index (χ1) is 7.08. The van der Waals surface area contributed by atoms with Crippen LogP contribution in [0.25, 0.3) is 0 Å². The van der Waals surface area contributed by atoms with Crippen molar-refractivity contribution in [3.63, 3.8) is 0 Å². The van der Waals surface area contributed by atoms with Crippen LogP contribution in [0.5, 0.6) is 0 Å². The predicted molar refractivity (Wildman–Crippen MR) is 60.8 cm³/mol. The summed E-state index contributed by atoms with van der Waals surface area (Å²) < 4.78 is 0.571. The van der Waals surface area contributed by atoms with Crippen molar-refractivity contribution in [3.05, 3.63) is 37.8 Å². The van der Waals surface area contributed by atoms with E-state index in [0.717, 1.165) is 25.1 Å². The molecular formula is C10H11BrN2O2. The smallest absolute Gasteiger partial charge is 0.283 e. The lowest BCUT2D eigenvalue weighted by molar-refractivity contribution is -0.385. The molecule has 0 atom stereocenters. The molecule has 0 N–H and O–H groups in total. The van der Waals surface area contributed by atoms with Crippen LogP contribution in [0.2, 0.25) is 0 Å². The molecule has 5 heteroatoms. The Morgan fingerprint density at radius 3 is 2.87 bits per heavy atom. The Morgan fingerprint density at radius 2 is 2.20 bits per heavy atom. The quantitative estimate of drug-likeness (QED) is 0.581. The minimum atomic E-state index is -0.345. The van der Waals surface area contributed by atoms with E-state index < -0.39 is 0 Å². The normalized spacial score (nSPS) is 16.1. The number of nitrogens with zero attached hydrogens (tertiary/aromatic N) is 2. The summed E-state index contributed by atoms with van der Waals surface area (Å²) in [7, 11) is 2.05. The minimum absolute atomic E-state index is 0.165. The zero-order valence-electron chi connectivity index (χ0n) is 8.36. The molecule has 1 aliphatic heterocycles. The van der Waals surface area contributed by atoms with Crippen LogP contribution in [0.3, 0.4) is 0 Å². The summed E-state index contributed by atoms with van der Waals surface area (Å²) in [5, 5.41) is 10.7. The van der Waals surface area contributed by atoms with Crippen LogP contribution in [0, 0.1) is 10.1 Å². The highest BCUT2D eigenvalue weighted by Gasteiger charge is 2.19. The van der Waals surface area contributed by atoms with E-state index in [2.05, 4.69) is 27.9 Å². The third-order valence-electron chi connectivity index (χ3n) is 2.67. The van der Waals surface area contributed by atoms with Gasteiger partial charge in [-0.3, -0.25) is 10.1 Å². The lowest BCUT2D eigenvalue weighted by Crippen LogP contribution is -2.26. The first-order valence-corrected chi connectivity index (χ1v) is 5.51. The third-order valence-corrected chi connectivity index (χ3v) is 3.30. The molecule has 1 aliphatic rings. The summed E-state index contributed by atoms with van der Waals surface area (Å²) in [5.41, 5.74) is 2.45. The molecule has 0 saturated heterocycles. The molecule has 1 aromatic rings. The molecule has 15 heavy (non-hydrogen) atoms. The largest absolute Gasteiger partial charge is 0.302 e. The van der Waals surface area contributed by atoms with Gasteiger partial charge in [0.1, 0.15) is 0 Å². The van der Waals surface area contributed by atoms with Crippen LogP contribution >= 0.6 is 15.9 Å². The summed E-state index contributed by atoms with van der Waals surface area (Å²) in [6.07, 6.45) is 0.889. The molecule has 0 radical (unpaired) electrons. The molecular weight excluding hydrogens is 260 g/mol. The zero-order chi connectivity index (χ0) is 11.0. The standard InChI is InChI=1S/C10H11BrN2O2/c1-12-3-2-7-5-10(13(14)15)9(11)4-8(7)6-12/h4-5H,2-3,6H2,1H3. The van der Waals surface area contributed by atoms with Crippen molar-refractivity contribution in [1.82, 2.24) is 4.90 Å². The Morgan fingerprint density at radius 1 is 1.47 bits per heavy atom.